The van der Waals surface area contributed by atoms with Gasteiger partial charge in [-0.05, 0) is 35.4 Å². The van der Waals surface area contributed by atoms with Gasteiger partial charge >= 0.3 is 48.4 Å². The van der Waals surface area contributed by atoms with Crippen LogP contribution in [0.25, 0.3) is 45.4 Å². The molecule has 0 unspecified atom stereocenters. The summed E-state index contributed by atoms with van der Waals surface area (Å²) in [6.07, 6.45) is -22.5. The highest BCUT2D eigenvalue weighted by Gasteiger charge is 2.77. The molecule has 0 fully saturated rings. The maximum absolute atomic E-state index is 15.2. The number of hydrogen-bond donors (Lipinski definition) is 2. The van der Waals surface area contributed by atoms with Crippen LogP contribution in [0.5, 0.6) is 0 Å². The fraction of sp³-hybridized carbons (Fsp3) is 0.317. The zero-order valence-corrected chi connectivity index (χ0v) is 35.9. The first-order chi connectivity index (χ1) is 31.7. The van der Waals surface area contributed by atoms with Gasteiger partial charge < -0.3 is 43.9 Å². The Balaban J connectivity index is 0.00000548. The van der Waals surface area contributed by atoms with Gasteiger partial charge in [-0.1, -0.05) is 24.3 Å². The monoisotopic (exact) mass is 1090 g/mol. The van der Waals surface area contributed by atoms with E-state index in [9.17, 15) is 43.9 Å². The van der Waals surface area contributed by atoms with E-state index in [1.165, 1.54) is 9.13 Å². The summed E-state index contributed by atoms with van der Waals surface area (Å²) >= 11 is 0. The van der Waals surface area contributed by atoms with Crippen LogP contribution in [0.4, 0.5) is 87.8 Å². The van der Waals surface area contributed by atoms with E-state index in [1.807, 2.05) is 0 Å². The van der Waals surface area contributed by atoms with Crippen LogP contribution in [-0.4, -0.2) is 69.9 Å². The van der Waals surface area contributed by atoms with Gasteiger partial charge in [-0.2, -0.15) is 87.8 Å². The Kier molecular flexibility index (Phi) is 16.0. The minimum atomic E-state index is -6.92. The number of benzene rings is 2. The van der Waals surface area contributed by atoms with Gasteiger partial charge in [0, 0.05) is 46.5 Å². The molecule has 30 heteroatoms. The molecule has 0 aliphatic carbocycles. The van der Waals surface area contributed by atoms with Crippen LogP contribution < -0.4 is 33.9 Å². The van der Waals surface area contributed by atoms with Crippen molar-refractivity contribution in [1.29, 1.82) is 0 Å². The third kappa shape index (κ3) is 9.95. The van der Waals surface area contributed by atoms with Crippen molar-refractivity contribution in [1.82, 2.24) is 9.97 Å². The summed E-state index contributed by atoms with van der Waals surface area (Å²) in [4.78, 5) is 7.07. The first kappa shape index (κ1) is 57.8. The highest BCUT2D eigenvalue weighted by atomic mass is 35.5. The fourth-order valence-corrected chi connectivity index (χ4v) is 6.81. The number of aliphatic hydroxyl groups is 2. The average Bonchev–Trinajstić information content (AvgIpc) is 3.91. The molecule has 0 aliphatic heterocycles. The molecule has 6 rings (SSSR count). The van der Waals surface area contributed by atoms with Crippen LogP contribution in [0.1, 0.15) is 22.6 Å². The van der Waals surface area contributed by atoms with Crippen molar-refractivity contribution in [3.8, 4) is 45.4 Å². The Bertz CT molecular complexity index is 2570. The highest BCUT2D eigenvalue weighted by Crippen LogP contribution is 2.58. The predicted molar refractivity (Wildman–Crippen MR) is 192 cm³/mol. The van der Waals surface area contributed by atoms with Gasteiger partial charge in [0.25, 0.3) is 0 Å². The number of hydrogen-bond acceptors (Lipinski definition) is 6. The van der Waals surface area contributed by atoms with Crippen LogP contribution >= 0.6 is 0 Å². The summed E-state index contributed by atoms with van der Waals surface area (Å²) in [6.45, 7) is -1.22. The lowest BCUT2D eigenvalue weighted by atomic mass is 9.72. The number of aliphatic hydroxyl groups excluding tert-OH is 2. The van der Waals surface area contributed by atoms with Crippen LogP contribution in [0.3, 0.4) is 0 Å². The molecule has 0 radical (unpaired) electrons. The Hall–Kier alpha value is -5.74. The van der Waals surface area contributed by atoms with E-state index < -0.39 is 135 Å². The minimum Gasteiger partial charge on any atom is -1.00 e. The van der Waals surface area contributed by atoms with E-state index in [4.69, 9.17) is 10.2 Å². The average molecular weight is 1090 g/mol. The minimum absolute atomic E-state index is 0. The third-order valence-electron chi connectivity index (χ3n) is 10.4. The summed E-state index contributed by atoms with van der Waals surface area (Å²) in [5.74, 6) is -33.7. The molecule has 4 heterocycles. The number of rotatable bonds is 14. The van der Waals surface area contributed by atoms with E-state index in [1.54, 1.807) is 0 Å². The maximum Gasteiger partial charge on any atom is 0.460 e. The molecular weight excluding hydrogens is 1060 g/mol. The zero-order valence-electron chi connectivity index (χ0n) is 34.4. The van der Waals surface area contributed by atoms with Crippen molar-refractivity contribution in [2.24, 2.45) is 0 Å². The summed E-state index contributed by atoms with van der Waals surface area (Å²) in [5, 5.41) is 18.2. The molecular formula is C41H26Cl2F20N4O4. The van der Waals surface area contributed by atoms with Gasteiger partial charge in [-0.3, -0.25) is 0 Å². The van der Waals surface area contributed by atoms with Gasteiger partial charge in [-0.25, -0.2) is 19.1 Å². The SMILES string of the molecule is OCC[n+]1ccc(-c2nc(-c3ccc(C(c4ccc(-c5nc(-c6cc[n+](CCO)cc6)c(C(F)(F)C(F)(F)C(F)(F)F)o5)cc4)(C(F)(F)F)C(F)(F)F)cc3)oc2C(F)(F)C(F)(F)C(F)(F)F)cc1.[Cl-].[Cl-]. The van der Waals surface area contributed by atoms with Crippen molar-refractivity contribution in [3.63, 3.8) is 0 Å². The zero-order chi connectivity index (χ0) is 51.6. The van der Waals surface area contributed by atoms with E-state index in [0.29, 0.717) is 24.3 Å². The van der Waals surface area contributed by atoms with E-state index in [2.05, 4.69) is 18.8 Å². The molecule has 0 bridgehead atoms. The lowest BCUT2D eigenvalue weighted by Gasteiger charge is -2.38. The maximum atomic E-state index is 15.2. The Morgan fingerprint density at radius 3 is 0.915 bits per heavy atom. The lowest BCUT2D eigenvalue weighted by molar-refractivity contribution is -0.698. The van der Waals surface area contributed by atoms with Gasteiger partial charge in [0.1, 0.15) is 24.6 Å². The summed E-state index contributed by atoms with van der Waals surface area (Å²) in [6, 6.07) is 5.02. The number of alkyl halides is 20. The molecule has 0 amide bonds. The molecule has 0 spiro atoms. The molecule has 388 valence electrons. The topological polar surface area (TPSA) is 100 Å². The van der Waals surface area contributed by atoms with E-state index in [-0.39, 0.29) is 62.2 Å². The number of halogens is 22. The molecule has 8 nitrogen and oxygen atoms in total. The number of aromatic nitrogens is 4. The normalized spacial score (nSPS) is 13.5. The smallest absolute Gasteiger partial charge is 0.460 e. The molecule has 71 heavy (non-hydrogen) atoms. The summed E-state index contributed by atoms with van der Waals surface area (Å²) < 4.78 is 300. The van der Waals surface area contributed by atoms with Crippen LogP contribution in [-0.2, 0) is 30.3 Å². The number of pyridine rings is 2. The summed E-state index contributed by atoms with van der Waals surface area (Å²) in [7, 11) is 0. The van der Waals surface area contributed by atoms with Crippen LogP contribution in [0.2, 0.25) is 0 Å². The van der Waals surface area contributed by atoms with Crippen molar-refractivity contribution in [2.75, 3.05) is 13.2 Å². The van der Waals surface area contributed by atoms with Crippen molar-refractivity contribution < 1.29 is 141 Å². The number of oxazole rings is 2. The van der Waals surface area contributed by atoms with Gasteiger partial charge in [0.2, 0.25) is 28.7 Å². The first-order valence-electron chi connectivity index (χ1n) is 18.9. The molecule has 2 N–H and O–H groups in total. The predicted octanol–water partition coefficient (Wildman–Crippen LogP) is 4.89. The standard InChI is InChI=1S/C41H26F20N4O4.2ClH/c42-34(43,36(46,47)40(56,57)58)29-27(21-9-13-64(14-10-21)17-19-66)62-31(68-29)23-1-5-25(6-2-23)33(38(50,51)52,39(53,54)55)26-7-3-24(4-8-26)32-63-28(22-11-15-65(16-12-22)18-20-67)30(69-32)35(44,45)37(48,49)41(59,60)61;;/h1-16,66-67H,17-20H2;2*1H/q+2;;/p-2. The van der Waals surface area contributed by atoms with Crippen molar-refractivity contribution >= 4 is 0 Å². The van der Waals surface area contributed by atoms with Gasteiger partial charge in [0.15, 0.2) is 37.9 Å². The Morgan fingerprint density at radius 1 is 0.394 bits per heavy atom. The highest BCUT2D eigenvalue weighted by molar-refractivity contribution is 5.68. The quantitative estimate of drug-likeness (QED) is 0.119. The molecule has 2 aromatic carbocycles. The Labute approximate surface area is 396 Å². The van der Waals surface area contributed by atoms with Crippen LogP contribution in [0, 0.1) is 0 Å². The molecule has 6 aromatic rings. The third-order valence-corrected chi connectivity index (χ3v) is 10.4. The lowest BCUT2D eigenvalue weighted by Crippen LogP contribution is -3.00. The van der Waals surface area contributed by atoms with Crippen molar-refractivity contribution in [3.05, 3.63) is 120 Å². The second-order valence-electron chi connectivity index (χ2n) is 14.7. The summed E-state index contributed by atoms with van der Waals surface area (Å²) in [5.41, 5.74) is -14.3. The Morgan fingerprint density at radius 2 is 0.676 bits per heavy atom. The van der Waals surface area contributed by atoms with Gasteiger partial charge in [0.05, 0.1) is 0 Å². The van der Waals surface area contributed by atoms with E-state index >= 15 is 43.9 Å². The van der Waals surface area contributed by atoms with Gasteiger partial charge in [-0.15, -0.1) is 0 Å². The molecule has 4 aromatic heterocycles. The van der Waals surface area contributed by atoms with Crippen LogP contribution in [0.15, 0.2) is 106 Å². The van der Waals surface area contributed by atoms with E-state index in [0.717, 1.165) is 49.1 Å². The molecule has 0 aliphatic rings. The largest absolute Gasteiger partial charge is 1.00 e. The second kappa shape index (κ2) is 19.7. The molecule has 0 saturated carbocycles. The van der Waals surface area contributed by atoms with Crippen molar-refractivity contribution in [2.45, 2.75) is 66.9 Å². The molecule has 0 saturated heterocycles. The molecule has 0 atom stereocenters. The number of nitrogens with zero attached hydrogens (tertiary/aromatic N) is 4. The second-order valence-corrected chi connectivity index (χ2v) is 14.7. The first-order valence-corrected chi connectivity index (χ1v) is 18.9. The fourth-order valence-electron chi connectivity index (χ4n) is 6.81.